The van der Waals surface area contributed by atoms with E-state index in [0.717, 1.165) is 31.6 Å². The molecule has 1 fully saturated rings. The Labute approximate surface area is 123 Å². The minimum Gasteiger partial charge on any atom is -0.376 e. The molecule has 2 aromatic rings. The van der Waals surface area contributed by atoms with Crippen LogP contribution in [-0.2, 0) is 11.3 Å². The molecule has 0 amide bonds. The Hall–Kier alpha value is -2.28. The molecule has 1 aliphatic heterocycles. The number of pyridine rings is 1. The Kier molecular flexibility index (Phi) is 4.52. The van der Waals surface area contributed by atoms with Crippen molar-refractivity contribution in [2.45, 2.75) is 25.5 Å². The second-order valence-electron chi connectivity index (χ2n) is 4.90. The van der Waals surface area contributed by atoms with Crippen LogP contribution in [0.2, 0.25) is 0 Å². The first kappa shape index (κ1) is 13.7. The van der Waals surface area contributed by atoms with Gasteiger partial charge in [0.1, 0.15) is 0 Å². The van der Waals surface area contributed by atoms with Crippen molar-refractivity contribution in [3.63, 3.8) is 0 Å². The Morgan fingerprint density at radius 3 is 3.10 bits per heavy atom. The monoisotopic (exact) mass is 286 g/mol. The molecule has 0 bridgehead atoms. The van der Waals surface area contributed by atoms with Crippen LogP contribution in [0.15, 0.2) is 30.7 Å². The fourth-order valence-corrected chi connectivity index (χ4v) is 2.17. The van der Waals surface area contributed by atoms with Gasteiger partial charge < -0.3 is 15.4 Å². The maximum absolute atomic E-state index is 5.56. The van der Waals surface area contributed by atoms with Gasteiger partial charge in [-0.3, -0.25) is 4.98 Å². The fraction of sp³-hybridized carbons (Fsp3) is 0.429. The number of nitrogens with zero attached hydrogens (tertiary/aromatic N) is 4. The predicted molar refractivity (Wildman–Crippen MR) is 78.9 cm³/mol. The van der Waals surface area contributed by atoms with E-state index in [2.05, 4.69) is 30.8 Å². The van der Waals surface area contributed by atoms with Crippen LogP contribution in [0.4, 0.5) is 11.8 Å². The summed E-state index contributed by atoms with van der Waals surface area (Å²) in [4.78, 5) is 8.44. The molecule has 1 aliphatic rings. The Morgan fingerprint density at radius 1 is 1.29 bits per heavy atom. The summed E-state index contributed by atoms with van der Waals surface area (Å²) in [5.41, 5.74) is 1.07. The molecule has 0 spiro atoms. The van der Waals surface area contributed by atoms with Gasteiger partial charge in [-0.25, -0.2) is 0 Å². The topological polar surface area (TPSA) is 84.9 Å². The summed E-state index contributed by atoms with van der Waals surface area (Å²) in [6.45, 7) is 2.22. The summed E-state index contributed by atoms with van der Waals surface area (Å²) in [5, 5.41) is 14.3. The number of nitrogens with one attached hydrogen (secondary N) is 2. The zero-order valence-corrected chi connectivity index (χ0v) is 11.7. The van der Waals surface area contributed by atoms with Crippen molar-refractivity contribution in [3.8, 4) is 0 Å². The van der Waals surface area contributed by atoms with Gasteiger partial charge in [0.25, 0.3) is 0 Å². The molecule has 110 valence electrons. The maximum Gasteiger partial charge on any atom is 0.244 e. The van der Waals surface area contributed by atoms with Crippen molar-refractivity contribution in [3.05, 3.63) is 36.3 Å². The lowest BCUT2D eigenvalue weighted by Crippen LogP contribution is -2.19. The molecule has 2 aromatic heterocycles. The van der Waals surface area contributed by atoms with Gasteiger partial charge in [0.2, 0.25) is 5.95 Å². The second kappa shape index (κ2) is 6.94. The normalized spacial score (nSPS) is 17.6. The van der Waals surface area contributed by atoms with E-state index in [1.54, 1.807) is 18.6 Å². The van der Waals surface area contributed by atoms with Crippen molar-refractivity contribution in [1.29, 1.82) is 0 Å². The summed E-state index contributed by atoms with van der Waals surface area (Å²) in [7, 11) is 0. The molecule has 0 aromatic carbocycles. The molecule has 0 saturated carbocycles. The van der Waals surface area contributed by atoms with Crippen molar-refractivity contribution < 1.29 is 4.74 Å². The SMILES string of the molecule is c1cncc(CNc2nncc(NCC3CCCO3)n2)c1. The largest absolute Gasteiger partial charge is 0.376 e. The van der Waals surface area contributed by atoms with E-state index in [-0.39, 0.29) is 6.10 Å². The van der Waals surface area contributed by atoms with Crippen LogP contribution in [0.3, 0.4) is 0 Å². The van der Waals surface area contributed by atoms with E-state index >= 15 is 0 Å². The van der Waals surface area contributed by atoms with Gasteiger partial charge >= 0.3 is 0 Å². The van der Waals surface area contributed by atoms with Gasteiger partial charge in [-0.1, -0.05) is 6.07 Å². The molecule has 2 N–H and O–H groups in total. The van der Waals surface area contributed by atoms with Gasteiger partial charge in [0, 0.05) is 32.1 Å². The molecule has 7 nitrogen and oxygen atoms in total. The van der Waals surface area contributed by atoms with Crippen LogP contribution in [0, 0.1) is 0 Å². The molecule has 3 heterocycles. The van der Waals surface area contributed by atoms with Gasteiger partial charge in [-0.2, -0.15) is 10.1 Å². The van der Waals surface area contributed by atoms with Crippen molar-refractivity contribution in [2.24, 2.45) is 0 Å². The number of hydrogen-bond donors (Lipinski definition) is 2. The zero-order valence-electron chi connectivity index (χ0n) is 11.7. The van der Waals surface area contributed by atoms with Crippen LogP contribution in [0.1, 0.15) is 18.4 Å². The lowest BCUT2D eigenvalue weighted by molar-refractivity contribution is 0.120. The highest BCUT2D eigenvalue weighted by molar-refractivity contribution is 5.37. The van der Waals surface area contributed by atoms with Crippen LogP contribution in [-0.4, -0.2) is 39.4 Å². The zero-order chi connectivity index (χ0) is 14.3. The molecule has 0 radical (unpaired) electrons. The van der Waals surface area contributed by atoms with Gasteiger partial charge in [-0.05, 0) is 24.5 Å². The van der Waals surface area contributed by atoms with Crippen molar-refractivity contribution in [1.82, 2.24) is 20.2 Å². The third-order valence-electron chi connectivity index (χ3n) is 3.27. The fourth-order valence-electron chi connectivity index (χ4n) is 2.17. The molecule has 21 heavy (non-hydrogen) atoms. The highest BCUT2D eigenvalue weighted by Crippen LogP contribution is 2.13. The first-order valence-electron chi connectivity index (χ1n) is 7.08. The molecular formula is C14H18N6O. The predicted octanol–water partition coefficient (Wildman–Crippen LogP) is 1.47. The van der Waals surface area contributed by atoms with Crippen LogP contribution in [0.25, 0.3) is 0 Å². The van der Waals surface area contributed by atoms with Crippen LogP contribution < -0.4 is 10.6 Å². The van der Waals surface area contributed by atoms with E-state index in [1.807, 2.05) is 12.1 Å². The van der Waals surface area contributed by atoms with Crippen molar-refractivity contribution >= 4 is 11.8 Å². The summed E-state index contributed by atoms with van der Waals surface area (Å²) >= 11 is 0. The molecule has 1 saturated heterocycles. The first-order valence-corrected chi connectivity index (χ1v) is 7.08. The van der Waals surface area contributed by atoms with E-state index < -0.39 is 0 Å². The third kappa shape index (κ3) is 4.09. The number of anilines is 2. The number of ether oxygens (including phenoxy) is 1. The van der Waals surface area contributed by atoms with Crippen LogP contribution >= 0.6 is 0 Å². The molecule has 1 unspecified atom stereocenters. The van der Waals surface area contributed by atoms with Crippen LogP contribution in [0.5, 0.6) is 0 Å². The Bertz CT molecular complexity index is 558. The molecule has 7 heteroatoms. The maximum atomic E-state index is 5.56. The summed E-state index contributed by atoms with van der Waals surface area (Å²) in [6, 6.07) is 3.89. The number of aromatic nitrogens is 4. The summed E-state index contributed by atoms with van der Waals surface area (Å²) in [6.07, 6.45) is 7.66. The van der Waals surface area contributed by atoms with E-state index in [0.29, 0.717) is 18.3 Å². The van der Waals surface area contributed by atoms with E-state index in [1.165, 1.54) is 0 Å². The highest BCUT2D eigenvalue weighted by atomic mass is 16.5. The molecule has 0 aliphatic carbocycles. The Balaban J connectivity index is 1.52. The molecule has 1 atom stereocenters. The van der Waals surface area contributed by atoms with Gasteiger partial charge in [-0.15, -0.1) is 5.10 Å². The van der Waals surface area contributed by atoms with Crippen molar-refractivity contribution in [2.75, 3.05) is 23.8 Å². The lowest BCUT2D eigenvalue weighted by Gasteiger charge is -2.11. The van der Waals surface area contributed by atoms with Gasteiger partial charge in [0.15, 0.2) is 5.82 Å². The standard InChI is InChI=1S/C14H18N6O/c1-3-11(7-15-5-1)8-17-14-19-13(10-18-20-14)16-9-12-4-2-6-21-12/h1,3,5,7,10,12H,2,4,6,8-9H2,(H2,16,17,19,20). The quantitative estimate of drug-likeness (QED) is 0.831. The third-order valence-corrected chi connectivity index (χ3v) is 3.27. The van der Waals surface area contributed by atoms with Gasteiger partial charge in [0.05, 0.1) is 12.3 Å². The minimum atomic E-state index is 0.270. The molecule has 3 rings (SSSR count). The number of rotatable bonds is 6. The second-order valence-corrected chi connectivity index (χ2v) is 4.90. The van der Waals surface area contributed by atoms with E-state index in [4.69, 9.17) is 4.74 Å². The molecular weight excluding hydrogens is 268 g/mol. The average Bonchev–Trinajstić information content (AvgIpc) is 3.06. The smallest absolute Gasteiger partial charge is 0.244 e. The minimum absolute atomic E-state index is 0.270. The summed E-state index contributed by atoms with van der Waals surface area (Å²) < 4.78 is 5.56. The lowest BCUT2D eigenvalue weighted by atomic mass is 10.2. The highest BCUT2D eigenvalue weighted by Gasteiger charge is 2.15. The van der Waals surface area contributed by atoms with E-state index in [9.17, 15) is 0 Å². The first-order chi connectivity index (χ1) is 10.4. The number of hydrogen-bond acceptors (Lipinski definition) is 7. The Morgan fingerprint density at radius 2 is 2.29 bits per heavy atom. The summed E-state index contributed by atoms with van der Waals surface area (Å²) in [5.74, 6) is 1.20. The average molecular weight is 286 g/mol.